The van der Waals surface area contributed by atoms with Crippen LogP contribution in [-0.2, 0) is 0 Å². The van der Waals surface area contributed by atoms with E-state index in [4.69, 9.17) is 15.5 Å². The molecule has 4 heteroatoms. The Kier molecular flexibility index (Phi) is 18.7. The van der Waals surface area contributed by atoms with Crippen molar-refractivity contribution in [1.29, 1.82) is 10.8 Å². The third-order valence-corrected chi connectivity index (χ3v) is 5.01. The molecule has 1 rings (SSSR count). The van der Waals surface area contributed by atoms with Gasteiger partial charge in [-0.3, -0.25) is 0 Å². The summed E-state index contributed by atoms with van der Waals surface area (Å²) in [7, 11) is 0. The Hall–Kier alpha value is -1.76. The van der Waals surface area contributed by atoms with Gasteiger partial charge in [0.15, 0.2) is 0 Å². The zero-order chi connectivity index (χ0) is 20.9. The first kappa shape index (κ1) is 26.2. The molecule has 0 aliphatic heterocycles. The lowest BCUT2D eigenvalue weighted by molar-refractivity contribution is 0.305. The Labute approximate surface area is 174 Å². The van der Waals surface area contributed by atoms with Crippen molar-refractivity contribution in [3.8, 4) is 5.75 Å². The molecule has 0 spiro atoms. The number of nitrogens with zero attached hydrogens (tertiary/aromatic N) is 3. The van der Waals surface area contributed by atoms with E-state index in [-0.39, 0.29) is 0 Å². The van der Waals surface area contributed by atoms with E-state index in [0.717, 1.165) is 18.8 Å². The molecule has 0 saturated heterocycles. The summed E-state index contributed by atoms with van der Waals surface area (Å²) in [4.78, 5) is 2.58. The van der Waals surface area contributed by atoms with E-state index in [1.165, 1.54) is 89.4 Å². The molecule has 0 fully saturated rings. The number of ether oxygens (including phenoxy) is 1. The van der Waals surface area contributed by atoms with Crippen LogP contribution in [0.3, 0.4) is 0 Å². The molecule has 0 atom stereocenters. The van der Waals surface area contributed by atoms with E-state index in [2.05, 4.69) is 49.9 Å². The van der Waals surface area contributed by atoms with Gasteiger partial charge in [-0.2, -0.15) is 0 Å². The summed E-state index contributed by atoms with van der Waals surface area (Å²) in [5.74, 6) is 1.03. The lowest BCUT2D eigenvalue weighted by Gasteiger charge is -2.25. The van der Waals surface area contributed by atoms with Crippen molar-refractivity contribution in [2.24, 2.45) is 0 Å². The number of hydrogen-bond donors (Lipinski definition) is 0. The SMILES string of the molecule is CCCCCCOc1cccc(N(CCCCCC)CCCCCC)c1.N#N. The van der Waals surface area contributed by atoms with Gasteiger partial charge in [-0.1, -0.05) is 84.6 Å². The summed E-state index contributed by atoms with van der Waals surface area (Å²) in [6.07, 6.45) is 15.6. The highest BCUT2D eigenvalue weighted by atomic mass is 16.5. The normalized spacial score (nSPS) is 10.2. The molecule has 0 bridgehead atoms. The third kappa shape index (κ3) is 13.4. The van der Waals surface area contributed by atoms with E-state index >= 15 is 0 Å². The van der Waals surface area contributed by atoms with E-state index in [1.807, 2.05) is 0 Å². The van der Waals surface area contributed by atoms with Crippen LogP contribution < -0.4 is 9.64 Å². The van der Waals surface area contributed by atoms with Crippen LogP contribution >= 0.6 is 0 Å². The molecule has 0 aromatic heterocycles. The van der Waals surface area contributed by atoms with Gasteiger partial charge in [-0.25, -0.2) is 0 Å². The molecule has 28 heavy (non-hydrogen) atoms. The van der Waals surface area contributed by atoms with Crippen molar-refractivity contribution in [2.75, 3.05) is 24.6 Å². The predicted octanol–water partition coefficient (Wildman–Crippen LogP) is 7.64. The molecule has 0 N–H and O–H groups in total. The fourth-order valence-corrected chi connectivity index (χ4v) is 3.32. The Morgan fingerprint density at radius 3 is 1.79 bits per heavy atom. The standard InChI is InChI=1S/C24H43NO.N2/c1-4-7-10-13-19-25(20-14-11-8-5-2)23-17-16-18-24(22-23)26-21-15-12-9-6-3;1-2/h16-18,22H,4-15,19-21H2,1-3H3;. The van der Waals surface area contributed by atoms with Gasteiger partial charge in [-0.15, -0.1) is 0 Å². The van der Waals surface area contributed by atoms with Gasteiger partial charge >= 0.3 is 0 Å². The van der Waals surface area contributed by atoms with Gasteiger partial charge in [0.2, 0.25) is 0 Å². The topological polar surface area (TPSA) is 60.0 Å². The first-order valence-corrected chi connectivity index (χ1v) is 11.5. The maximum atomic E-state index is 6.00. The molecule has 0 saturated carbocycles. The minimum absolute atomic E-state index is 0.844. The third-order valence-electron chi connectivity index (χ3n) is 5.01. The van der Waals surface area contributed by atoms with Crippen LogP contribution in [0.25, 0.3) is 0 Å². The molecule has 0 heterocycles. The van der Waals surface area contributed by atoms with Gasteiger partial charge in [-0.05, 0) is 31.4 Å². The molecule has 0 radical (unpaired) electrons. The van der Waals surface area contributed by atoms with E-state index in [1.54, 1.807) is 0 Å². The highest BCUT2D eigenvalue weighted by Gasteiger charge is 2.07. The van der Waals surface area contributed by atoms with Gasteiger partial charge in [0.05, 0.1) is 6.61 Å². The van der Waals surface area contributed by atoms with E-state index in [0.29, 0.717) is 0 Å². The second-order valence-corrected chi connectivity index (χ2v) is 7.51. The van der Waals surface area contributed by atoms with Crippen LogP contribution in [0, 0.1) is 10.8 Å². The van der Waals surface area contributed by atoms with Gasteiger partial charge in [0.1, 0.15) is 5.75 Å². The van der Waals surface area contributed by atoms with Gasteiger partial charge in [0.25, 0.3) is 0 Å². The van der Waals surface area contributed by atoms with Crippen LogP contribution in [0.2, 0.25) is 0 Å². The number of anilines is 1. The average molecular weight is 390 g/mol. The monoisotopic (exact) mass is 389 g/mol. The zero-order valence-electron chi connectivity index (χ0n) is 18.7. The average Bonchev–Trinajstić information content (AvgIpc) is 2.74. The highest BCUT2D eigenvalue weighted by Crippen LogP contribution is 2.23. The molecule has 4 nitrogen and oxygen atoms in total. The van der Waals surface area contributed by atoms with E-state index < -0.39 is 0 Å². The second-order valence-electron chi connectivity index (χ2n) is 7.51. The Bertz CT molecular complexity index is 464. The van der Waals surface area contributed by atoms with Crippen LogP contribution in [-0.4, -0.2) is 19.7 Å². The van der Waals surface area contributed by atoms with Crippen LogP contribution in [0.4, 0.5) is 5.69 Å². The summed E-state index contributed by atoms with van der Waals surface area (Å²) in [6, 6.07) is 8.76. The summed E-state index contributed by atoms with van der Waals surface area (Å²) >= 11 is 0. The largest absolute Gasteiger partial charge is 0.494 e. The minimum atomic E-state index is 0.844. The van der Waals surface area contributed by atoms with Crippen molar-refractivity contribution in [2.45, 2.75) is 97.8 Å². The Balaban J connectivity index is 0.00000352. The van der Waals surface area contributed by atoms with Crippen molar-refractivity contribution in [1.82, 2.24) is 0 Å². The second kappa shape index (κ2) is 20.0. The number of rotatable bonds is 17. The summed E-state index contributed by atoms with van der Waals surface area (Å²) in [5, 5.41) is 12.0. The summed E-state index contributed by atoms with van der Waals surface area (Å²) in [6.45, 7) is 10.0. The Morgan fingerprint density at radius 1 is 0.714 bits per heavy atom. The number of hydrogen-bond acceptors (Lipinski definition) is 4. The van der Waals surface area contributed by atoms with Crippen LogP contribution in [0.5, 0.6) is 5.75 Å². The molecular weight excluding hydrogens is 346 g/mol. The fraction of sp³-hybridized carbons (Fsp3) is 0.750. The quantitative estimate of drug-likeness (QED) is 0.203. The molecule has 0 unspecified atom stereocenters. The van der Waals surface area contributed by atoms with Gasteiger partial charge in [0, 0.05) is 35.6 Å². The van der Waals surface area contributed by atoms with Crippen LogP contribution in [0.15, 0.2) is 24.3 Å². The van der Waals surface area contributed by atoms with Crippen molar-refractivity contribution >= 4 is 5.69 Å². The summed E-state index contributed by atoms with van der Waals surface area (Å²) < 4.78 is 6.00. The van der Waals surface area contributed by atoms with Gasteiger partial charge < -0.3 is 9.64 Å². The lowest BCUT2D eigenvalue weighted by Crippen LogP contribution is -2.25. The summed E-state index contributed by atoms with van der Waals surface area (Å²) in [5.41, 5.74) is 1.34. The molecule has 0 aliphatic rings. The van der Waals surface area contributed by atoms with Crippen molar-refractivity contribution in [3.63, 3.8) is 0 Å². The Morgan fingerprint density at radius 2 is 1.25 bits per heavy atom. The number of unbranched alkanes of at least 4 members (excludes halogenated alkanes) is 9. The van der Waals surface area contributed by atoms with Crippen molar-refractivity contribution < 1.29 is 4.74 Å². The molecule has 0 aliphatic carbocycles. The molecule has 1 aromatic carbocycles. The lowest BCUT2D eigenvalue weighted by atomic mass is 10.1. The fourth-order valence-electron chi connectivity index (χ4n) is 3.32. The first-order valence-electron chi connectivity index (χ1n) is 11.5. The maximum Gasteiger partial charge on any atom is 0.121 e. The van der Waals surface area contributed by atoms with Crippen LogP contribution in [0.1, 0.15) is 97.8 Å². The zero-order valence-corrected chi connectivity index (χ0v) is 18.7. The highest BCUT2D eigenvalue weighted by molar-refractivity contribution is 5.50. The minimum Gasteiger partial charge on any atom is -0.494 e. The predicted molar refractivity (Wildman–Crippen MR) is 120 cm³/mol. The van der Waals surface area contributed by atoms with Crippen molar-refractivity contribution in [3.05, 3.63) is 24.3 Å². The molecule has 0 amide bonds. The van der Waals surface area contributed by atoms with E-state index in [9.17, 15) is 0 Å². The molecule has 160 valence electrons. The molecular formula is C24H43N3O. The molecule has 1 aromatic rings. The first-order chi connectivity index (χ1) is 13.8. The smallest absolute Gasteiger partial charge is 0.121 e. The maximum absolute atomic E-state index is 6.00. The number of benzene rings is 1.